The van der Waals surface area contributed by atoms with Crippen molar-refractivity contribution in [3.8, 4) is 0 Å². The zero-order valence-electron chi connectivity index (χ0n) is 9.34. The van der Waals surface area contributed by atoms with Gasteiger partial charge in [-0.1, -0.05) is 0 Å². The van der Waals surface area contributed by atoms with Crippen molar-refractivity contribution in [2.45, 2.75) is 51.1 Å². The highest BCUT2D eigenvalue weighted by Crippen LogP contribution is 2.53. The van der Waals surface area contributed by atoms with Crippen LogP contribution in [0.25, 0.3) is 0 Å². The maximum absolute atomic E-state index is 12.4. The monoisotopic (exact) mass is 200 g/mol. The second-order valence-electron chi connectivity index (χ2n) is 5.44. The van der Waals surface area contributed by atoms with E-state index in [0.29, 0.717) is 0 Å². The van der Waals surface area contributed by atoms with E-state index in [4.69, 9.17) is 9.31 Å². The summed E-state index contributed by atoms with van der Waals surface area (Å²) in [6.07, 6.45) is 0.910. The summed E-state index contributed by atoms with van der Waals surface area (Å²) < 4.78 is 24.0. The van der Waals surface area contributed by atoms with Gasteiger partial charge in [0.05, 0.1) is 17.9 Å². The second kappa shape index (κ2) is 2.95. The van der Waals surface area contributed by atoms with Gasteiger partial charge in [-0.15, -0.1) is 0 Å². The number of hydrogen-bond acceptors (Lipinski definition) is 2. The second-order valence-corrected chi connectivity index (χ2v) is 5.44. The molecule has 0 bridgehead atoms. The fourth-order valence-electron chi connectivity index (χ4n) is 1.85. The Labute approximate surface area is 85.3 Å². The average Bonchev–Trinajstić information content (AvgIpc) is 2.75. The molecule has 80 valence electrons. The van der Waals surface area contributed by atoms with Crippen LogP contribution >= 0.6 is 0 Å². The molecule has 0 aromatic carbocycles. The van der Waals surface area contributed by atoms with Crippen molar-refractivity contribution < 1.29 is 13.7 Å². The first-order valence-corrected chi connectivity index (χ1v) is 5.29. The minimum absolute atomic E-state index is 0.171. The highest BCUT2D eigenvalue weighted by Gasteiger charge is 2.59. The molecule has 14 heavy (non-hydrogen) atoms. The highest BCUT2D eigenvalue weighted by atomic mass is 19.1. The number of rotatable bonds is 2. The molecule has 0 aromatic rings. The van der Waals surface area contributed by atoms with Gasteiger partial charge in [0.25, 0.3) is 0 Å². The van der Waals surface area contributed by atoms with E-state index in [9.17, 15) is 4.39 Å². The lowest BCUT2D eigenvalue weighted by Crippen LogP contribution is -2.41. The molecule has 0 unspecified atom stereocenters. The molecule has 1 saturated carbocycles. The first kappa shape index (κ1) is 10.4. The van der Waals surface area contributed by atoms with Crippen LogP contribution in [0.15, 0.2) is 0 Å². The molecule has 1 aliphatic heterocycles. The SMILES string of the molecule is CC1(C)OB([C@H]2C[C@@H]2CF)OC1(C)C. The standard InChI is InChI=1S/C10H18BFO2/c1-9(2)10(3,4)14-11(13-9)8-5-7(8)6-12/h7-8H,5-6H2,1-4H3/t7-,8+/m1/s1. The van der Waals surface area contributed by atoms with E-state index < -0.39 is 0 Å². The molecule has 4 heteroatoms. The van der Waals surface area contributed by atoms with E-state index in [1.54, 1.807) is 0 Å². The van der Waals surface area contributed by atoms with E-state index in [1.807, 2.05) is 27.7 Å². The lowest BCUT2D eigenvalue weighted by atomic mass is 9.81. The topological polar surface area (TPSA) is 18.5 Å². The van der Waals surface area contributed by atoms with Crippen LogP contribution in [0.4, 0.5) is 4.39 Å². The Balaban J connectivity index is 2.01. The summed E-state index contributed by atoms with van der Waals surface area (Å²) in [5, 5.41) is 0. The maximum Gasteiger partial charge on any atom is 0.461 e. The van der Waals surface area contributed by atoms with Crippen molar-refractivity contribution in [1.29, 1.82) is 0 Å². The summed E-state index contributed by atoms with van der Waals surface area (Å²) >= 11 is 0. The molecule has 0 radical (unpaired) electrons. The van der Waals surface area contributed by atoms with Crippen molar-refractivity contribution in [2.24, 2.45) is 5.92 Å². The molecule has 0 spiro atoms. The molecule has 0 amide bonds. The molecule has 1 heterocycles. The summed E-state index contributed by atoms with van der Waals surface area (Å²) in [4.78, 5) is 0. The van der Waals surface area contributed by atoms with Crippen molar-refractivity contribution in [3.05, 3.63) is 0 Å². The quantitative estimate of drug-likeness (QED) is 0.637. The van der Waals surface area contributed by atoms with Gasteiger partial charge in [-0.25, -0.2) is 0 Å². The lowest BCUT2D eigenvalue weighted by Gasteiger charge is -2.32. The van der Waals surface area contributed by atoms with E-state index >= 15 is 0 Å². The normalized spacial score (nSPS) is 38.8. The van der Waals surface area contributed by atoms with Crippen LogP contribution in [0.2, 0.25) is 5.82 Å². The van der Waals surface area contributed by atoms with Crippen LogP contribution in [0, 0.1) is 5.92 Å². The van der Waals surface area contributed by atoms with E-state index in [2.05, 4.69) is 0 Å². The van der Waals surface area contributed by atoms with Gasteiger partial charge in [0.2, 0.25) is 0 Å². The number of hydrogen-bond donors (Lipinski definition) is 0. The zero-order valence-corrected chi connectivity index (χ0v) is 9.34. The Morgan fingerprint density at radius 2 is 1.71 bits per heavy atom. The predicted molar refractivity (Wildman–Crippen MR) is 53.9 cm³/mol. The fraction of sp³-hybridized carbons (Fsp3) is 1.00. The van der Waals surface area contributed by atoms with Crippen LogP contribution in [-0.2, 0) is 9.31 Å². The summed E-state index contributed by atoms with van der Waals surface area (Å²) in [5.41, 5.74) is -0.553. The van der Waals surface area contributed by atoms with Crippen LogP contribution in [0.3, 0.4) is 0 Å². The summed E-state index contributed by atoms with van der Waals surface area (Å²) in [6, 6.07) is 0. The van der Waals surface area contributed by atoms with Crippen molar-refractivity contribution in [3.63, 3.8) is 0 Å². The van der Waals surface area contributed by atoms with Gasteiger partial charge >= 0.3 is 7.12 Å². The largest absolute Gasteiger partial charge is 0.461 e. The molecule has 0 N–H and O–H groups in total. The Hall–Kier alpha value is -0.0851. The third-order valence-electron chi connectivity index (χ3n) is 3.80. The predicted octanol–water partition coefficient (Wildman–Crippen LogP) is 2.44. The van der Waals surface area contributed by atoms with Crippen LogP contribution in [0.5, 0.6) is 0 Å². The third kappa shape index (κ3) is 1.49. The summed E-state index contributed by atoms with van der Waals surface area (Å²) in [5.74, 6) is 0.450. The number of halogens is 1. The molecule has 2 nitrogen and oxygen atoms in total. The van der Waals surface area contributed by atoms with Gasteiger partial charge in [-0.3, -0.25) is 4.39 Å². The van der Waals surface area contributed by atoms with E-state index in [-0.39, 0.29) is 36.7 Å². The molecule has 0 aromatic heterocycles. The average molecular weight is 200 g/mol. The smallest absolute Gasteiger partial charge is 0.403 e. The molecule has 1 aliphatic carbocycles. The Morgan fingerprint density at radius 1 is 1.21 bits per heavy atom. The summed E-state index contributed by atoms with van der Waals surface area (Å²) in [7, 11) is -0.194. The van der Waals surface area contributed by atoms with Crippen molar-refractivity contribution >= 4 is 7.12 Å². The minimum atomic E-state index is -0.277. The van der Waals surface area contributed by atoms with Gasteiger partial charge in [0.15, 0.2) is 0 Å². The van der Waals surface area contributed by atoms with Crippen molar-refractivity contribution in [1.82, 2.24) is 0 Å². The maximum atomic E-state index is 12.4. The molecule has 2 fully saturated rings. The molecular weight excluding hydrogens is 182 g/mol. The van der Waals surface area contributed by atoms with Crippen molar-refractivity contribution in [2.75, 3.05) is 6.67 Å². The molecule has 2 rings (SSSR count). The van der Waals surface area contributed by atoms with Crippen LogP contribution in [0.1, 0.15) is 34.1 Å². The molecular formula is C10H18BFO2. The van der Waals surface area contributed by atoms with Gasteiger partial charge < -0.3 is 9.31 Å². The van der Waals surface area contributed by atoms with Gasteiger partial charge in [-0.2, -0.15) is 0 Å². The van der Waals surface area contributed by atoms with Gasteiger partial charge in [0, 0.05) is 0 Å². The highest BCUT2D eigenvalue weighted by molar-refractivity contribution is 6.48. The zero-order chi connectivity index (χ0) is 10.6. The van der Waals surface area contributed by atoms with Gasteiger partial charge in [0.1, 0.15) is 0 Å². The van der Waals surface area contributed by atoms with E-state index in [1.165, 1.54) is 0 Å². The lowest BCUT2D eigenvalue weighted by molar-refractivity contribution is 0.00578. The Morgan fingerprint density at radius 3 is 2.07 bits per heavy atom. The molecule has 1 saturated heterocycles. The minimum Gasteiger partial charge on any atom is -0.403 e. The van der Waals surface area contributed by atoms with Gasteiger partial charge in [-0.05, 0) is 45.9 Å². The first-order chi connectivity index (χ1) is 6.37. The first-order valence-electron chi connectivity index (χ1n) is 5.29. The van der Waals surface area contributed by atoms with E-state index in [0.717, 1.165) is 6.42 Å². The Kier molecular flexibility index (Phi) is 2.20. The van der Waals surface area contributed by atoms with Crippen LogP contribution in [-0.4, -0.2) is 25.0 Å². The third-order valence-corrected chi connectivity index (χ3v) is 3.80. The fourth-order valence-corrected chi connectivity index (χ4v) is 1.85. The number of alkyl halides is 1. The Bertz CT molecular complexity index is 226. The van der Waals surface area contributed by atoms with Crippen LogP contribution < -0.4 is 0 Å². The molecule has 2 aliphatic rings. The summed E-state index contributed by atoms with van der Waals surface area (Å²) in [6.45, 7) is 7.87. The molecule has 2 atom stereocenters.